The molecule has 0 aromatic carbocycles. The monoisotopic (exact) mass is 200 g/mol. The summed E-state index contributed by atoms with van der Waals surface area (Å²) in [4.78, 5) is 0. The number of hydrogen-bond acceptors (Lipinski definition) is 4. The van der Waals surface area contributed by atoms with Gasteiger partial charge in [-0.3, -0.25) is 0 Å². The summed E-state index contributed by atoms with van der Waals surface area (Å²) in [6, 6.07) is -0.179. The molecular weight excluding hydrogens is 176 g/mol. The third-order valence-electron chi connectivity index (χ3n) is 2.35. The lowest BCUT2D eigenvalue weighted by Gasteiger charge is -2.12. The zero-order valence-corrected chi connectivity index (χ0v) is 9.13. The Labute approximate surface area is 86.7 Å². The van der Waals surface area contributed by atoms with E-state index in [0.29, 0.717) is 5.70 Å². The zero-order chi connectivity index (χ0) is 11.0. The highest BCUT2D eigenvalue weighted by atomic mass is 14.9. The van der Waals surface area contributed by atoms with E-state index in [1.54, 1.807) is 0 Å². The first-order valence-corrected chi connectivity index (χ1v) is 5.35. The number of unbranched alkanes of at least 4 members (excludes halogenated alkanes) is 4. The van der Waals surface area contributed by atoms with Crippen LogP contribution in [0.1, 0.15) is 45.4 Å². The van der Waals surface area contributed by atoms with Gasteiger partial charge < -0.3 is 22.9 Å². The van der Waals surface area contributed by atoms with Gasteiger partial charge in [-0.25, -0.2) is 0 Å². The molecule has 0 saturated heterocycles. The van der Waals surface area contributed by atoms with E-state index < -0.39 is 0 Å². The molecule has 0 spiro atoms. The highest BCUT2D eigenvalue weighted by Crippen LogP contribution is 2.08. The second-order valence-electron chi connectivity index (χ2n) is 3.72. The molecule has 0 saturated carbocycles. The Morgan fingerprint density at radius 2 is 1.57 bits per heavy atom. The van der Waals surface area contributed by atoms with Crippen molar-refractivity contribution in [1.82, 2.24) is 0 Å². The lowest BCUT2D eigenvalue weighted by Crippen LogP contribution is -2.32. The fourth-order valence-corrected chi connectivity index (χ4v) is 1.34. The minimum absolute atomic E-state index is 0.158. The van der Waals surface area contributed by atoms with Crippen LogP contribution in [-0.4, -0.2) is 6.04 Å². The molecule has 0 bridgehead atoms. The lowest BCUT2D eigenvalue weighted by atomic mass is 10.0. The smallest absolute Gasteiger partial charge is 0.114 e. The fourth-order valence-electron chi connectivity index (χ4n) is 1.34. The first-order chi connectivity index (χ1) is 6.59. The molecule has 14 heavy (non-hydrogen) atoms. The molecular formula is C10H24N4. The Morgan fingerprint density at radius 1 is 1.00 bits per heavy atom. The summed E-state index contributed by atoms with van der Waals surface area (Å²) in [5, 5.41) is 0. The van der Waals surface area contributed by atoms with Gasteiger partial charge in [0.05, 0.1) is 5.70 Å². The first kappa shape index (κ1) is 13.1. The predicted octanol–water partition coefficient (Wildman–Crippen LogP) is 0.719. The average molecular weight is 200 g/mol. The predicted molar refractivity (Wildman–Crippen MR) is 60.9 cm³/mol. The van der Waals surface area contributed by atoms with Gasteiger partial charge in [0.15, 0.2) is 0 Å². The van der Waals surface area contributed by atoms with Crippen LogP contribution in [0.2, 0.25) is 0 Å². The standard InChI is InChI=1S/C10H24N4/c1-2-3-4-5-6-7-8(11)9(12)10(13)14/h8H,2-7,11-14H2,1H3. The molecule has 0 aromatic rings. The normalized spacial score (nSPS) is 12.4. The van der Waals surface area contributed by atoms with Crippen molar-refractivity contribution in [2.24, 2.45) is 22.9 Å². The van der Waals surface area contributed by atoms with Crippen LogP contribution in [-0.2, 0) is 0 Å². The summed E-state index contributed by atoms with van der Waals surface area (Å²) in [6.45, 7) is 2.20. The minimum atomic E-state index is -0.179. The summed E-state index contributed by atoms with van der Waals surface area (Å²) < 4.78 is 0. The van der Waals surface area contributed by atoms with Gasteiger partial charge in [0, 0.05) is 6.04 Å². The van der Waals surface area contributed by atoms with Crippen LogP contribution >= 0.6 is 0 Å². The molecule has 0 rings (SSSR count). The van der Waals surface area contributed by atoms with Crippen molar-refractivity contribution < 1.29 is 0 Å². The molecule has 4 nitrogen and oxygen atoms in total. The van der Waals surface area contributed by atoms with Gasteiger partial charge in [-0.05, 0) is 6.42 Å². The van der Waals surface area contributed by atoms with E-state index in [9.17, 15) is 0 Å². The molecule has 8 N–H and O–H groups in total. The largest absolute Gasteiger partial charge is 0.398 e. The maximum atomic E-state index is 5.79. The molecule has 0 amide bonds. The maximum Gasteiger partial charge on any atom is 0.114 e. The van der Waals surface area contributed by atoms with Crippen LogP contribution in [0.15, 0.2) is 11.5 Å². The van der Waals surface area contributed by atoms with Crippen molar-refractivity contribution >= 4 is 0 Å². The van der Waals surface area contributed by atoms with Crippen molar-refractivity contribution in [1.29, 1.82) is 0 Å². The molecule has 0 heterocycles. The molecule has 0 aliphatic carbocycles. The van der Waals surface area contributed by atoms with E-state index in [0.717, 1.165) is 12.8 Å². The Hall–Kier alpha value is -0.900. The summed E-state index contributed by atoms with van der Waals surface area (Å²) >= 11 is 0. The SMILES string of the molecule is CCCCCCCC(N)C(N)=C(N)N. The van der Waals surface area contributed by atoms with Gasteiger partial charge in [-0.15, -0.1) is 0 Å². The van der Waals surface area contributed by atoms with Gasteiger partial charge in [0.2, 0.25) is 0 Å². The quantitative estimate of drug-likeness (QED) is 0.454. The van der Waals surface area contributed by atoms with Crippen LogP contribution in [0.5, 0.6) is 0 Å². The van der Waals surface area contributed by atoms with E-state index >= 15 is 0 Å². The molecule has 0 aromatic heterocycles. The fraction of sp³-hybridized carbons (Fsp3) is 0.800. The van der Waals surface area contributed by atoms with E-state index in [4.69, 9.17) is 22.9 Å². The minimum Gasteiger partial charge on any atom is -0.398 e. The first-order valence-electron chi connectivity index (χ1n) is 5.35. The van der Waals surface area contributed by atoms with Gasteiger partial charge in [0.1, 0.15) is 5.82 Å². The molecule has 0 fully saturated rings. The molecule has 0 aliphatic rings. The Balaban J connectivity index is 3.54. The molecule has 0 aliphatic heterocycles. The van der Waals surface area contributed by atoms with Crippen molar-refractivity contribution in [3.8, 4) is 0 Å². The van der Waals surface area contributed by atoms with Crippen molar-refractivity contribution in [3.05, 3.63) is 11.5 Å². The van der Waals surface area contributed by atoms with Crippen molar-refractivity contribution in [2.45, 2.75) is 51.5 Å². The topological polar surface area (TPSA) is 104 Å². The van der Waals surface area contributed by atoms with Crippen LogP contribution < -0.4 is 22.9 Å². The Morgan fingerprint density at radius 3 is 2.07 bits per heavy atom. The molecule has 1 atom stereocenters. The number of rotatable bonds is 7. The van der Waals surface area contributed by atoms with Gasteiger partial charge >= 0.3 is 0 Å². The maximum absolute atomic E-state index is 5.79. The van der Waals surface area contributed by atoms with Gasteiger partial charge in [-0.1, -0.05) is 39.0 Å². The number of nitrogens with two attached hydrogens (primary N) is 4. The molecule has 4 heteroatoms. The summed E-state index contributed by atoms with van der Waals surface area (Å²) in [5.41, 5.74) is 22.5. The Bertz CT molecular complexity index is 173. The van der Waals surface area contributed by atoms with E-state index in [1.165, 1.54) is 25.7 Å². The lowest BCUT2D eigenvalue weighted by molar-refractivity contribution is 0.568. The van der Waals surface area contributed by atoms with Crippen LogP contribution in [0.3, 0.4) is 0 Å². The third kappa shape index (κ3) is 5.70. The van der Waals surface area contributed by atoms with Crippen LogP contribution in [0, 0.1) is 0 Å². The van der Waals surface area contributed by atoms with Gasteiger partial charge in [0.25, 0.3) is 0 Å². The van der Waals surface area contributed by atoms with Crippen molar-refractivity contribution in [2.75, 3.05) is 0 Å². The van der Waals surface area contributed by atoms with Crippen molar-refractivity contribution in [3.63, 3.8) is 0 Å². The van der Waals surface area contributed by atoms with E-state index in [2.05, 4.69) is 6.92 Å². The average Bonchev–Trinajstić information content (AvgIpc) is 2.16. The summed E-state index contributed by atoms with van der Waals surface area (Å²) in [5.74, 6) is 0.158. The van der Waals surface area contributed by atoms with Gasteiger partial charge in [-0.2, -0.15) is 0 Å². The van der Waals surface area contributed by atoms with E-state index in [1.807, 2.05) is 0 Å². The van der Waals surface area contributed by atoms with Crippen LogP contribution in [0.4, 0.5) is 0 Å². The summed E-state index contributed by atoms with van der Waals surface area (Å²) in [7, 11) is 0. The highest BCUT2D eigenvalue weighted by Gasteiger charge is 2.07. The summed E-state index contributed by atoms with van der Waals surface area (Å²) in [6.07, 6.45) is 6.98. The highest BCUT2D eigenvalue weighted by molar-refractivity contribution is 5.10. The molecule has 84 valence electrons. The zero-order valence-electron chi connectivity index (χ0n) is 9.13. The second kappa shape index (κ2) is 7.50. The second-order valence-corrected chi connectivity index (χ2v) is 3.72. The van der Waals surface area contributed by atoms with Crippen LogP contribution in [0.25, 0.3) is 0 Å². The Kier molecular flexibility index (Phi) is 7.02. The van der Waals surface area contributed by atoms with E-state index in [-0.39, 0.29) is 11.9 Å². The molecule has 0 radical (unpaired) electrons. The molecule has 1 unspecified atom stereocenters. The third-order valence-corrected chi connectivity index (χ3v) is 2.35. The number of hydrogen-bond donors (Lipinski definition) is 4.